The van der Waals surface area contributed by atoms with Crippen LogP contribution in [0.15, 0.2) is 52.4 Å². The zero-order valence-corrected chi connectivity index (χ0v) is 20.9. The summed E-state index contributed by atoms with van der Waals surface area (Å²) in [5.41, 5.74) is 1.07. The van der Waals surface area contributed by atoms with E-state index in [1.54, 1.807) is 48.6 Å². The molecule has 0 radical (unpaired) electrons. The largest absolute Gasteiger partial charge is 0.497 e. The lowest BCUT2D eigenvalue weighted by Gasteiger charge is -2.05. The number of thiazole rings is 1. The van der Waals surface area contributed by atoms with E-state index in [9.17, 15) is 14.4 Å². The van der Waals surface area contributed by atoms with Gasteiger partial charge in [-0.15, -0.1) is 11.8 Å². The van der Waals surface area contributed by atoms with Gasteiger partial charge in [0, 0.05) is 11.3 Å². The van der Waals surface area contributed by atoms with Crippen LogP contribution in [0.3, 0.4) is 0 Å². The Hall–Kier alpha value is -3.11. The number of nitrogens with zero attached hydrogens (tertiary/aromatic N) is 2. The topological polar surface area (TPSA) is 96.2 Å². The molecule has 0 saturated heterocycles. The molecule has 0 aliphatic carbocycles. The van der Waals surface area contributed by atoms with Gasteiger partial charge in [-0.3, -0.25) is 9.59 Å². The molecule has 10 heteroatoms. The monoisotopic (exact) mass is 502 g/mol. The highest BCUT2D eigenvalue weighted by molar-refractivity contribution is 7.99. The van der Waals surface area contributed by atoms with E-state index in [-0.39, 0.29) is 25.5 Å². The number of carbonyl (C=O) groups is 3. The molecule has 2 aromatic carbocycles. The van der Waals surface area contributed by atoms with Gasteiger partial charge >= 0.3 is 11.9 Å². The van der Waals surface area contributed by atoms with Gasteiger partial charge < -0.3 is 18.8 Å². The second-order valence-electron chi connectivity index (χ2n) is 7.08. The summed E-state index contributed by atoms with van der Waals surface area (Å²) in [6.07, 6.45) is 0.943. The molecule has 0 spiro atoms. The molecule has 0 bridgehead atoms. The number of benzene rings is 2. The van der Waals surface area contributed by atoms with Gasteiger partial charge in [0.25, 0.3) is 0 Å². The Morgan fingerprint density at radius 3 is 2.53 bits per heavy atom. The molecule has 0 N–H and O–H groups in total. The van der Waals surface area contributed by atoms with Crippen LogP contribution in [0, 0.1) is 0 Å². The van der Waals surface area contributed by atoms with Crippen molar-refractivity contribution in [3.8, 4) is 5.75 Å². The van der Waals surface area contributed by atoms with Crippen LogP contribution in [-0.4, -0.2) is 49.0 Å². The lowest BCUT2D eigenvalue weighted by molar-refractivity contribution is -0.143. The van der Waals surface area contributed by atoms with Crippen LogP contribution in [0.1, 0.15) is 30.1 Å². The maximum absolute atomic E-state index is 12.6. The SMILES string of the molecule is CCOC(=O)Cn1c(=NC(=O)CCCSc2ccc(OC)cc2)sc2cc(C(=O)OC)ccc21. The Bertz CT molecular complexity index is 1230. The fourth-order valence-corrected chi connectivity index (χ4v) is 5.08. The third kappa shape index (κ3) is 6.71. The number of thioether (sulfide) groups is 1. The summed E-state index contributed by atoms with van der Waals surface area (Å²) < 4.78 is 17.4. The van der Waals surface area contributed by atoms with E-state index in [1.807, 2.05) is 24.3 Å². The molecule has 0 saturated carbocycles. The summed E-state index contributed by atoms with van der Waals surface area (Å²) in [5, 5.41) is 0. The van der Waals surface area contributed by atoms with Gasteiger partial charge in [-0.2, -0.15) is 4.99 Å². The average molecular weight is 503 g/mol. The number of carbonyl (C=O) groups excluding carboxylic acids is 3. The number of methoxy groups -OCH3 is 2. The van der Waals surface area contributed by atoms with Crippen molar-refractivity contribution in [1.82, 2.24) is 4.57 Å². The molecule has 1 amide bonds. The van der Waals surface area contributed by atoms with Gasteiger partial charge in [-0.25, -0.2) is 4.79 Å². The molecule has 180 valence electrons. The third-order valence-corrected chi connectivity index (χ3v) is 6.92. The van der Waals surface area contributed by atoms with Crippen LogP contribution in [0.2, 0.25) is 0 Å². The first-order valence-electron chi connectivity index (χ1n) is 10.7. The summed E-state index contributed by atoms with van der Waals surface area (Å²) in [7, 11) is 2.94. The third-order valence-electron chi connectivity index (χ3n) is 4.78. The van der Waals surface area contributed by atoms with E-state index < -0.39 is 11.9 Å². The van der Waals surface area contributed by atoms with Crippen molar-refractivity contribution in [1.29, 1.82) is 0 Å². The Balaban J connectivity index is 1.75. The van der Waals surface area contributed by atoms with E-state index in [0.29, 0.717) is 27.0 Å². The molecular weight excluding hydrogens is 476 g/mol. The van der Waals surface area contributed by atoms with Gasteiger partial charge in [0.05, 0.1) is 36.6 Å². The maximum Gasteiger partial charge on any atom is 0.337 e. The summed E-state index contributed by atoms with van der Waals surface area (Å²) in [6.45, 7) is 1.91. The maximum atomic E-state index is 12.6. The molecule has 0 unspecified atom stereocenters. The summed E-state index contributed by atoms with van der Waals surface area (Å²) in [6, 6.07) is 12.8. The first-order chi connectivity index (χ1) is 16.4. The van der Waals surface area contributed by atoms with Crippen LogP contribution < -0.4 is 9.54 Å². The minimum Gasteiger partial charge on any atom is -0.497 e. The van der Waals surface area contributed by atoms with Crippen LogP contribution in [0.25, 0.3) is 10.2 Å². The quantitative estimate of drug-likeness (QED) is 0.234. The van der Waals surface area contributed by atoms with Crippen molar-refractivity contribution >= 4 is 51.2 Å². The van der Waals surface area contributed by atoms with Crippen molar-refractivity contribution < 1.29 is 28.6 Å². The normalized spacial score (nSPS) is 11.4. The Kier molecular flexibility index (Phi) is 9.29. The molecule has 1 aromatic heterocycles. The van der Waals surface area contributed by atoms with E-state index in [0.717, 1.165) is 16.4 Å². The lowest BCUT2D eigenvalue weighted by atomic mass is 10.2. The minimum absolute atomic E-state index is 0.0785. The predicted molar refractivity (Wildman–Crippen MR) is 131 cm³/mol. The van der Waals surface area contributed by atoms with Crippen molar-refractivity contribution in [3.63, 3.8) is 0 Å². The molecule has 34 heavy (non-hydrogen) atoms. The Morgan fingerprint density at radius 1 is 1.09 bits per heavy atom. The zero-order valence-electron chi connectivity index (χ0n) is 19.2. The van der Waals surface area contributed by atoms with Gasteiger partial charge in [-0.05, 0) is 61.6 Å². The van der Waals surface area contributed by atoms with E-state index in [1.165, 1.54) is 18.4 Å². The molecule has 0 fully saturated rings. The second kappa shape index (κ2) is 12.4. The van der Waals surface area contributed by atoms with Crippen molar-refractivity contribution in [2.45, 2.75) is 31.2 Å². The zero-order chi connectivity index (χ0) is 24.5. The second-order valence-corrected chi connectivity index (χ2v) is 9.26. The van der Waals surface area contributed by atoms with Gasteiger partial charge in [0.15, 0.2) is 4.80 Å². The smallest absolute Gasteiger partial charge is 0.337 e. The fourth-order valence-electron chi connectivity index (χ4n) is 3.14. The minimum atomic E-state index is -0.462. The number of fused-ring (bicyclic) bond motifs is 1. The molecule has 1 heterocycles. The van der Waals surface area contributed by atoms with Crippen molar-refractivity contribution in [2.24, 2.45) is 4.99 Å². The highest BCUT2D eigenvalue weighted by Gasteiger charge is 2.15. The van der Waals surface area contributed by atoms with Crippen molar-refractivity contribution in [3.05, 3.63) is 52.8 Å². The summed E-state index contributed by atoms with van der Waals surface area (Å²) >= 11 is 2.89. The summed E-state index contributed by atoms with van der Waals surface area (Å²) in [5.74, 6) is 0.412. The number of hydrogen-bond donors (Lipinski definition) is 0. The molecule has 0 aliphatic heterocycles. The van der Waals surface area contributed by atoms with Crippen LogP contribution in [-0.2, 0) is 25.6 Å². The number of esters is 2. The van der Waals surface area contributed by atoms with Crippen LogP contribution in [0.4, 0.5) is 0 Å². The molecule has 0 aliphatic rings. The molecular formula is C24H26N2O6S2. The van der Waals surface area contributed by atoms with Gasteiger partial charge in [0.2, 0.25) is 5.91 Å². The van der Waals surface area contributed by atoms with E-state index in [4.69, 9.17) is 14.2 Å². The first-order valence-corrected chi connectivity index (χ1v) is 12.5. The molecule has 0 atom stereocenters. The molecule has 8 nitrogen and oxygen atoms in total. The fraction of sp³-hybridized carbons (Fsp3) is 0.333. The van der Waals surface area contributed by atoms with E-state index in [2.05, 4.69) is 4.99 Å². The summed E-state index contributed by atoms with van der Waals surface area (Å²) in [4.78, 5) is 42.4. The first kappa shape index (κ1) is 25.5. The highest BCUT2D eigenvalue weighted by Crippen LogP contribution is 2.23. The molecule has 3 rings (SSSR count). The lowest BCUT2D eigenvalue weighted by Crippen LogP contribution is -2.23. The number of aromatic nitrogens is 1. The van der Waals surface area contributed by atoms with Gasteiger partial charge in [-0.1, -0.05) is 11.3 Å². The van der Waals surface area contributed by atoms with Crippen molar-refractivity contribution in [2.75, 3.05) is 26.6 Å². The van der Waals surface area contributed by atoms with E-state index >= 15 is 0 Å². The average Bonchev–Trinajstić information content (AvgIpc) is 3.17. The standard InChI is InChI=1S/C24H26N2O6S2/c1-4-32-22(28)15-26-19-12-7-16(23(29)31-3)14-20(19)34-24(26)25-21(27)6-5-13-33-18-10-8-17(30-2)9-11-18/h7-12,14H,4-6,13,15H2,1-3H3. The van der Waals surface area contributed by atoms with Crippen LogP contribution in [0.5, 0.6) is 5.75 Å². The Morgan fingerprint density at radius 2 is 1.85 bits per heavy atom. The number of ether oxygens (including phenoxy) is 3. The highest BCUT2D eigenvalue weighted by atomic mass is 32.2. The van der Waals surface area contributed by atoms with Crippen LogP contribution >= 0.6 is 23.1 Å². The number of hydrogen-bond acceptors (Lipinski definition) is 8. The number of rotatable bonds is 10. The molecule has 3 aromatic rings. The Labute approximate surface area is 205 Å². The van der Waals surface area contributed by atoms with Gasteiger partial charge in [0.1, 0.15) is 12.3 Å². The number of amides is 1. The predicted octanol–water partition coefficient (Wildman–Crippen LogP) is 4.06.